The minimum Gasteiger partial charge on any atom is -0.336 e. The maximum atomic E-state index is 13.0. The van der Waals surface area contributed by atoms with Crippen molar-refractivity contribution < 1.29 is 9.59 Å². The fraction of sp³-hybridized carbons (Fsp3) is 0.308. The van der Waals surface area contributed by atoms with Gasteiger partial charge in [0.25, 0.3) is 5.91 Å². The van der Waals surface area contributed by atoms with Crippen molar-refractivity contribution in [1.82, 2.24) is 9.80 Å². The Hall–Kier alpha value is -3.18. The molecule has 0 aromatic heterocycles. The van der Waals surface area contributed by atoms with E-state index in [2.05, 4.69) is 52.7 Å². The first kappa shape index (κ1) is 19.8. The Morgan fingerprint density at radius 3 is 2.42 bits per heavy atom. The monoisotopic (exact) mass is 413 g/mol. The van der Waals surface area contributed by atoms with Crippen molar-refractivity contribution in [2.24, 2.45) is 5.92 Å². The molecule has 1 heterocycles. The molecule has 1 aliphatic carbocycles. The molecule has 5 heteroatoms. The molecule has 1 saturated heterocycles. The van der Waals surface area contributed by atoms with E-state index in [1.807, 2.05) is 23.1 Å². The van der Waals surface area contributed by atoms with Crippen molar-refractivity contribution in [2.75, 3.05) is 31.5 Å². The summed E-state index contributed by atoms with van der Waals surface area (Å²) in [4.78, 5) is 29.4. The normalized spacial score (nSPS) is 17.0. The van der Waals surface area contributed by atoms with E-state index >= 15 is 0 Å². The Kier molecular flexibility index (Phi) is 5.43. The SMILES string of the molecule is O=C(Nc1cccc(C(=O)N2CCN(Cc3cccc4ccccc34)CC2)c1)C1CC1. The van der Waals surface area contributed by atoms with Crippen LogP contribution in [0, 0.1) is 5.92 Å². The van der Waals surface area contributed by atoms with E-state index in [4.69, 9.17) is 0 Å². The summed E-state index contributed by atoms with van der Waals surface area (Å²) < 4.78 is 0. The van der Waals surface area contributed by atoms with Crippen LogP contribution >= 0.6 is 0 Å². The van der Waals surface area contributed by atoms with Crippen LogP contribution < -0.4 is 5.32 Å². The minimum atomic E-state index is 0.0346. The number of hydrogen-bond acceptors (Lipinski definition) is 3. The third-order valence-electron chi connectivity index (χ3n) is 6.26. The highest BCUT2D eigenvalue weighted by Crippen LogP contribution is 2.30. The molecule has 3 aromatic rings. The quantitative estimate of drug-likeness (QED) is 0.684. The van der Waals surface area contributed by atoms with Crippen LogP contribution in [0.2, 0.25) is 0 Å². The van der Waals surface area contributed by atoms with Crippen LogP contribution in [-0.4, -0.2) is 47.8 Å². The van der Waals surface area contributed by atoms with E-state index in [9.17, 15) is 9.59 Å². The van der Waals surface area contributed by atoms with Gasteiger partial charge in [-0.2, -0.15) is 0 Å². The van der Waals surface area contributed by atoms with Gasteiger partial charge in [-0.3, -0.25) is 14.5 Å². The van der Waals surface area contributed by atoms with Crippen LogP contribution in [0.1, 0.15) is 28.8 Å². The molecular formula is C26H27N3O2. The Morgan fingerprint density at radius 2 is 1.61 bits per heavy atom. The second kappa shape index (κ2) is 8.52. The van der Waals surface area contributed by atoms with Gasteiger partial charge in [0.2, 0.25) is 5.91 Å². The summed E-state index contributed by atoms with van der Waals surface area (Å²) in [6.07, 6.45) is 1.93. The van der Waals surface area contributed by atoms with Gasteiger partial charge in [0.05, 0.1) is 0 Å². The number of hydrogen-bond donors (Lipinski definition) is 1. The molecule has 5 rings (SSSR count). The van der Waals surface area contributed by atoms with Crippen molar-refractivity contribution >= 4 is 28.3 Å². The first-order valence-corrected chi connectivity index (χ1v) is 11.1. The Labute approximate surface area is 182 Å². The zero-order valence-electron chi connectivity index (χ0n) is 17.6. The molecule has 31 heavy (non-hydrogen) atoms. The van der Waals surface area contributed by atoms with E-state index in [-0.39, 0.29) is 17.7 Å². The number of amides is 2. The molecule has 2 amide bonds. The Morgan fingerprint density at radius 1 is 0.871 bits per heavy atom. The summed E-state index contributed by atoms with van der Waals surface area (Å²) in [7, 11) is 0. The Bertz CT molecular complexity index is 1110. The first-order chi connectivity index (χ1) is 15.2. The summed E-state index contributed by atoms with van der Waals surface area (Å²) in [5.41, 5.74) is 2.67. The molecule has 0 spiro atoms. The third-order valence-corrected chi connectivity index (χ3v) is 6.26. The largest absolute Gasteiger partial charge is 0.336 e. The number of carbonyl (C=O) groups excluding carboxylic acids is 2. The van der Waals surface area contributed by atoms with Gasteiger partial charge in [-0.1, -0.05) is 48.5 Å². The van der Waals surface area contributed by atoms with Crippen molar-refractivity contribution in [2.45, 2.75) is 19.4 Å². The van der Waals surface area contributed by atoms with Gasteiger partial charge >= 0.3 is 0 Å². The van der Waals surface area contributed by atoms with Gasteiger partial charge in [0, 0.05) is 49.9 Å². The van der Waals surface area contributed by atoms with Crippen molar-refractivity contribution in [3.8, 4) is 0 Å². The van der Waals surface area contributed by atoms with Gasteiger partial charge < -0.3 is 10.2 Å². The summed E-state index contributed by atoms with van der Waals surface area (Å²) >= 11 is 0. The maximum Gasteiger partial charge on any atom is 0.254 e. The fourth-order valence-corrected chi connectivity index (χ4v) is 4.28. The predicted molar refractivity (Wildman–Crippen MR) is 123 cm³/mol. The van der Waals surface area contributed by atoms with Gasteiger partial charge in [-0.25, -0.2) is 0 Å². The number of benzene rings is 3. The van der Waals surface area contributed by atoms with E-state index in [0.29, 0.717) is 24.3 Å². The van der Waals surface area contributed by atoms with Crippen LogP contribution in [-0.2, 0) is 11.3 Å². The molecule has 0 radical (unpaired) electrons. The van der Waals surface area contributed by atoms with Gasteiger partial charge in [0.1, 0.15) is 0 Å². The lowest BCUT2D eigenvalue weighted by Gasteiger charge is -2.35. The topological polar surface area (TPSA) is 52.7 Å². The smallest absolute Gasteiger partial charge is 0.254 e. The zero-order valence-corrected chi connectivity index (χ0v) is 17.6. The van der Waals surface area contributed by atoms with Crippen molar-refractivity contribution in [3.05, 3.63) is 77.9 Å². The third kappa shape index (κ3) is 4.47. The van der Waals surface area contributed by atoms with Crippen LogP contribution in [0.25, 0.3) is 10.8 Å². The summed E-state index contributed by atoms with van der Waals surface area (Å²) in [5, 5.41) is 5.50. The van der Waals surface area contributed by atoms with E-state index < -0.39 is 0 Å². The average Bonchev–Trinajstić information content (AvgIpc) is 3.65. The van der Waals surface area contributed by atoms with Crippen LogP contribution in [0.5, 0.6) is 0 Å². The Balaban J connectivity index is 1.20. The number of nitrogens with one attached hydrogen (secondary N) is 1. The molecule has 1 saturated carbocycles. The second-order valence-corrected chi connectivity index (χ2v) is 8.55. The lowest BCUT2D eigenvalue weighted by Crippen LogP contribution is -2.48. The molecule has 5 nitrogen and oxygen atoms in total. The molecule has 0 atom stereocenters. The lowest BCUT2D eigenvalue weighted by atomic mass is 10.0. The lowest BCUT2D eigenvalue weighted by molar-refractivity contribution is -0.117. The molecule has 2 fully saturated rings. The maximum absolute atomic E-state index is 13.0. The fourth-order valence-electron chi connectivity index (χ4n) is 4.28. The minimum absolute atomic E-state index is 0.0346. The molecule has 2 aliphatic rings. The highest BCUT2D eigenvalue weighted by Gasteiger charge is 2.29. The summed E-state index contributed by atoms with van der Waals surface area (Å²) in [6.45, 7) is 4.02. The first-order valence-electron chi connectivity index (χ1n) is 11.1. The molecular weight excluding hydrogens is 386 g/mol. The van der Waals surface area contributed by atoms with Crippen LogP contribution in [0.3, 0.4) is 0 Å². The van der Waals surface area contributed by atoms with Gasteiger partial charge in [-0.15, -0.1) is 0 Å². The average molecular weight is 414 g/mol. The highest BCUT2D eigenvalue weighted by atomic mass is 16.2. The van der Waals surface area contributed by atoms with Crippen molar-refractivity contribution in [1.29, 1.82) is 0 Å². The number of piperazine rings is 1. The summed E-state index contributed by atoms with van der Waals surface area (Å²) in [5.74, 6) is 0.244. The second-order valence-electron chi connectivity index (χ2n) is 8.55. The van der Waals surface area contributed by atoms with E-state index in [1.165, 1.54) is 16.3 Å². The number of nitrogens with zero attached hydrogens (tertiary/aromatic N) is 2. The van der Waals surface area contributed by atoms with Crippen LogP contribution in [0.4, 0.5) is 5.69 Å². The molecule has 0 bridgehead atoms. The van der Waals surface area contributed by atoms with Crippen molar-refractivity contribution in [3.63, 3.8) is 0 Å². The summed E-state index contributed by atoms with van der Waals surface area (Å²) in [6, 6.07) is 22.3. The molecule has 3 aromatic carbocycles. The molecule has 1 aliphatic heterocycles. The molecule has 158 valence electrons. The standard InChI is InChI=1S/C26H27N3O2/c30-25(20-11-12-20)27-23-9-4-7-21(17-23)26(31)29-15-13-28(14-16-29)18-22-8-3-6-19-5-1-2-10-24(19)22/h1-10,17,20H,11-16,18H2,(H,27,30). The number of anilines is 1. The van der Waals surface area contributed by atoms with E-state index in [0.717, 1.165) is 32.5 Å². The number of carbonyl (C=O) groups is 2. The number of rotatable bonds is 5. The van der Waals surface area contributed by atoms with Gasteiger partial charge in [-0.05, 0) is 47.4 Å². The molecule has 1 N–H and O–H groups in total. The zero-order chi connectivity index (χ0) is 21.2. The van der Waals surface area contributed by atoms with Gasteiger partial charge in [0.15, 0.2) is 0 Å². The molecule has 0 unspecified atom stereocenters. The number of fused-ring (bicyclic) bond motifs is 1. The van der Waals surface area contributed by atoms with Crippen LogP contribution in [0.15, 0.2) is 66.7 Å². The predicted octanol–water partition coefficient (Wildman–Crippen LogP) is 4.15. The van der Waals surface area contributed by atoms with E-state index in [1.54, 1.807) is 6.07 Å². The highest BCUT2D eigenvalue weighted by molar-refractivity contribution is 5.98.